The summed E-state index contributed by atoms with van der Waals surface area (Å²) in [5.74, 6) is 1.12. The quantitative estimate of drug-likeness (QED) is 0.442. The van der Waals surface area contributed by atoms with Crippen molar-refractivity contribution in [1.82, 2.24) is 14.5 Å². The summed E-state index contributed by atoms with van der Waals surface area (Å²) in [4.78, 5) is 23.4. The molecule has 3 heterocycles. The fraction of sp³-hybridized carbons (Fsp3) is 0.360. The Morgan fingerprint density at radius 1 is 1.10 bits per heavy atom. The molecule has 0 atom stereocenters. The van der Waals surface area contributed by atoms with E-state index in [2.05, 4.69) is 65.1 Å². The molecule has 154 valence electrons. The van der Waals surface area contributed by atoms with E-state index in [-0.39, 0.29) is 5.91 Å². The van der Waals surface area contributed by atoms with E-state index in [1.165, 1.54) is 10.9 Å². The molecular formula is C25H28N4O. The molecule has 1 amide bonds. The number of rotatable bonds is 6. The number of para-hydroxylation sites is 1. The molecule has 4 aromatic rings. The van der Waals surface area contributed by atoms with Gasteiger partial charge in [-0.25, -0.2) is 4.98 Å². The average Bonchev–Trinajstić information content (AvgIpc) is 3.37. The molecule has 0 spiro atoms. The normalized spacial score (nSPS) is 15.4. The van der Waals surface area contributed by atoms with Crippen LogP contribution in [0, 0.1) is 0 Å². The van der Waals surface area contributed by atoms with E-state index in [9.17, 15) is 4.79 Å². The lowest BCUT2D eigenvalue weighted by Crippen LogP contribution is -2.36. The van der Waals surface area contributed by atoms with Gasteiger partial charge in [0, 0.05) is 18.3 Å². The Morgan fingerprint density at radius 2 is 1.93 bits per heavy atom. The Kier molecular flexibility index (Phi) is 4.42. The number of aromatic nitrogens is 3. The number of fused-ring (bicyclic) bond motifs is 3. The molecule has 0 aliphatic carbocycles. The zero-order valence-corrected chi connectivity index (χ0v) is 17.9. The molecule has 1 aliphatic heterocycles. The van der Waals surface area contributed by atoms with Crippen molar-refractivity contribution in [2.75, 3.05) is 11.4 Å². The maximum atomic E-state index is 13.1. The molecule has 5 nitrogen and oxygen atoms in total. The molecule has 0 fully saturated rings. The number of hydrogen-bond acceptors (Lipinski definition) is 2. The summed E-state index contributed by atoms with van der Waals surface area (Å²) >= 11 is 0. The van der Waals surface area contributed by atoms with Crippen LogP contribution in [0.25, 0.3) is 21.9 Å². The molecule has 5 rings (SSSR count). The van der Waals surface area contributed by atoms with Gasteiger partial charge in [-0.15, -0.1) is 0 Å². The summed E-state index contributed by atoms with van der Waals surface area (Å²) in [6.45, 7) is 7.71. The Morgan fingerprint density at radius 3 is 2.77 bits per heavy atom. The average molecular weight is 401 g/mol. The number of anilines is 1. The van der Waals surface area contributed by atoms with Crippen molar-refractivity contribution in [2.24, 2.45) is 0 Å². The summed E-state index contributed by atoms with van der Waals surface area (Å²) in [6.07, 6.45) is 5.43. The molecule has 0 saturated carbocycles. The number of nitrogens with zero attached hydrogens (tertiary/aromatic N) is 3. The summed E-state index contributed by atoms with van der Waals surface area (Å²) in [5.41, 5.74) is 4.74. The standard InChI is InChI=1S/C25H28N4O/c1-4-5-8-12-29-22-15-20-19(14-18(22)25(2,3)24(29)30)26-23(27-20)16-28-13-11-17-9-6-7-10-21(17)28/h6-7,9-11,13-15H,4-5,8,12,16H2,1-3H3,(H,26,27). The van der Waals surface area contributed by atoms with Crippen molar-refractivity contribution in [2.45, 2.75) is 52.0 Å². The fourth-order valence-corrected chi connectivity index (χ4v) is 4.64. The highest BCUT2D eigenvalue weighted by atomic mass is 16.2. The predicted octanol–water partition coefficient (Wildman–Crippen LogP) is 5.38. The molecule has 30 heavy (non-hydrogen) atoms. The highest BCUT2D eigenvalue weighted by Crippen LogP contribution is 2.43. The molecular weight excluding hydrogens is 372 g/mol. The van der Waals surface area contributed by atoms with Crippen molar-refractivity contribution < 1.29 is 4.79 Å². The molecule has 0 radical (unpaired) electrons. The zero-order valence-electron chi connectivity index (χ0n) is 17.9. The topological polar surface area (TPSA) is 53.9 Å². The van der Waals surface area contributed by atoms with Crippen LogP contribution in [0.5, 0.6) is 0 Å². The lowest BCUT2D eigenvalue weighted by atomic mass is 9.86. The van der Waals surface area contributed by atoms with Crippen LogP contribution in [0.4, 0.5) is 5.69 Å². The highest BCUT2D eigenvalue weighted by molar-refractivity contribution is 6.09. The fourth-order valence-electron chi connectivity index (χ4n) is 4.64. The van der Waals surface area contributed by atoms with E-state index in [0.717, 1.165) is 53.9 Å². The van der Waals surface area contributed by atoms with Gasteiger partial charge in [0.2, 0.25) is 5.91 Å². The molecule has 1 N–H and O–H groups in total. The van der Waals surface area contributed by atoms with E-state index < -0.39 is 5.41 Å². The van der Waals surface area contributed by atoms with E-state index in [1.54, 1.807) is 0 Å². The number of imidazole rings is 1. The minimum atomic E-state index is -0.508. The van der Waals surface area contributed by atoms with Gasteiger partial charge in [-0.1, -0.05) is 38.0 Å². The van der Waals surface area contributed by atoms with Crippen molar-refractivity contribution >= 4 is 33.5 Å². The minimum absolute atomic E-state index is 0.195. The number of hydrogen-bond donors (Lipinski definition) is 1. The Labute approximate surface area is 176 Å². The number of carbonyl (C=O) groups excluding carboxylic acids is 1. The van der Waals surface area contributed by atoms with E-state index in [1.807, 2.05) is 18.7 Å². The lowest BCUT2D eigenvalue weighted by molar-refractivity contribution is -0.122. The summed E-state index contributed by atoms with van der Waals surface area (Å²) in [5, 5.41) is 1.23. The van der Waals surface area contributed by atoms with Gasteiger partial charge in [-0.05, 0) is 55.5 Å². The number of carbonyl (C=O) groups is 1. The third kappa shape index (κ3) is 2.92. The molecule has 0 saturated heterocycles. The van der Waals surface area contributed by atoms with E-state index >= 15 is 0 Å². The maximum absolute atomic E-state index is 13.1. The summed E-state index contributed by atoms with van der Waals surface area (Å²) < 4.78 is 2.21. The van der Waals surface area contributed by atoms with E-state index in [4.69, 9.17) is 4.98 Å². The second-order valence-corrected chi connectivity index (χ2v) is 8.86. The maximum Gasteiger partial charge on any atom is 0.237 e. The van der Waals surface area contributed by atoms with E-state index in [0.29, 0.717) is 6.54 Å². The third-order valence-corrected chi connectivity index (χ3v) is 6.38. The molecule has 2 aromatic heterocycles. The largest absolute Gasteiger partial charge is 0.340 e. The number of aromatic amines is 1. The highest BCUT2D eigenvalue weighted by Gasteiger charge is 2.43. The van der Waals surface area contributed by atoms with Gasteiger partial charge >= 0.3 is 0 Å². The van der Waals surface area contributed by atoms with Gasteiger partial charge in [-0.3, -0.25) is 4.79 Å². The van der Waals surface area contributed by atoms with Crippen molar-refractivity contribution in [1.29, 1.82) is 0 Å². The van der Waals surface area contributed by atoms with Crippen LogP contribution in [0.3, 0.4) is 0 Å². The third-order valence-electron chi connectivity index (χ3n) is 6.38. The van der Waals surface area contributed by atoms with Crippen molar-refractivity contribution in [3.05, 3.63) is 60.0 Å². The zero-order chi connectivity index (χ0) is 20.9. The van der Waals surface area contributed by atoms with Crippen molar-refractivity contribution in [3.8, 4) is 0 Å². The number of amides is 1. The summed E-state index contributed by atoms with van der Waals surface area (Å²) in [6, 6.07) is 14.7. The summed E-state index contributed by atoms with van der Waals surface area (Å²) in [7, 11) is 0. The van der Waals surface area contributed by atoms with Crippen LogP contribution >= 0.6 is 0 Å². The number of unbranched alkanes of at least 4 members (excludes halogenated alkanes) is 2. The first kappa shape index (κ1) is 18.9. The smallest absolute Gasteiger partial charge is 0.237 e. The Balaban J connectivity index is 1.51. The first-order valence-corrected chi connectivity index (χ1v) is 10.9. The molecule has 2 aromatic carbocycles. The molecule has 1 aliphatic rings. The van der Waals surface area contributed by atoms with Crippen LogP contribution in [0.1, 0.15) is 51.4 Å². The SMILES string of the molecule is CCCCCN1C(=O)C(C)(C)c2cc3nc(Cn4ccc5ccccc54)[nH]c3cc21. The molecule has 0 bridgehead atoms. The van der Waals surface area contributed by atoms with Crippen LogP contribution in [-0.4, -0.2) is 27.0 Å². The Bertz CT molecular complexity index is 1250. The van der Waals surface area contributed by atoms with Gasteiger partial charge in [-0.2, -0.15) is 0 Å². The second-order valence-electron chi connectivity index (χ2n) is 8.86. The lowest BCUT2D eigenvalue weighted by Gasteiger charge is -2.20. The Hall–Kier alpha value is -3.08. The van der Waals surface area contributed by atoms with Crippen LogP contribution in [-0.2, 0) is 16.8 Å². The monoisotopic (exact) mass is 400 g/mol. The van der Waals surface area contributed by atoms with Crippen LogP contribution < -0.4 is 4.90 Å². The van der Waals surface area contributed by atoms with Gasteiger partial charge in [0.1, 0.15) is 5.82 Å². The van der Waals surface area contributed by atoms with Gasteiger partial charge in [0.25, 0.3) is 0 Å². The van der Waals surface area contributed by atoms with Crippen molar-refractivity contribution in [3.63, 3.8) is 0 Å². The molecule has 5 heteroatoms. The predicted molar refractivity (Wildman–Crippen MR) is 122 cm³/mol. The minimum Gasteiger partial charge on any atom is -0.340 e. The number of nitrogens with one attached hydrogen (secondary N) is 1. The van der Waals surface area contributed by atoms with Gasteiger partial charge in [0.05, 0.1) is 28.7 Å². The molecule has 0 unspecified atom stereocenters. The number of H-pyrrole nitrogens is 1. The number of benzene rings is 2. The first-order chi connectivity index (χ1) is 14.5. The van der Waals surface area contributed by atoms with Crippen LogP contribution in [0.15, 0.2) is 48.7 Å². The van der Waals surface area contributed by atoms with Crippen LogP contribution in [0.2, 0.25) is 0 Å². The van der Waals surface area contributed by atoms with Gasteiger partial charge in [0.15, 0.2) is 0 Å². The second kappa shape index (κ2) is 7.01. The van der Waals surface area contributed by atoms with Gasteiger partial charge < -0.3 is 14.5 Å². The first-order valence-electron chi connectivity index (χ1n) is 10.9.